The van der Waals surface area contributed by atoms with Crippen molar-refractivity contribution < 1.29 is 0 Å². The van der Waals surface area contributed by atoms with Crippen LogP contribution in [0.5, 0.6) is 0 Å². The molecule has 2 aromatic carbocycles. The summed E-state index contributed by atoms with van der Waals surface area (Å²) in [6.45, 7) is 5.93. The molecule has 1 N–H and O–H groups in total. The maximum atomic E-state index is 4.71. The van der Waals surface area contributed by atoms with Crippen molar-refractivity contribution in [2.24, 2.45) is 0 Å². The topological polar surface area (TPSA) is 41.1 Å². The van der Waals surface area contributed by atoms with E-state index in [-0.39, 0.29) is 0 Å². The summed E-state index contributed by atoms with van der Waals surface area (Å²) in [5.41, 5.74) is 3.63. The molecule has 0 aliphatic carbocycles. The van der Waals surface area contributed by atoms with Gasteiger partial charge in [0.2, 0.25) is 5.95 Å². The SMILES string of the molecule is CCc1ccccc1Nc1ccnc(N(CC)Cc2ccccc2)n1. The summed E-state index contributed by atoms with van der Waals surface area (Å²) in [6, 6.07) is 20.6. The molecule has 0 bridgehead atoms. The van der Waals surface area contributed by atoms with E-state index < -0.39 is 0 Å². The van der Waals surface area contributed by atoms with Crippen LogP contribution in [0.15, 0.2) is 66.9 Å². The van der Waals surface area contributed by atoms with Crippen molar-refractivity contribution in [3.05, 3.63) is 78.0 Å². The van der Waals surface area contributed by atoms with E-state index in [0.717, 1.165) is 37.0 Å². The van der Waals surface area contributed by atoms with Crippen molar-refractivity contribution in [1.82, 2.24) is 9.97 Å². The predicted molar refractivity (Wildman–Crippen MR) is 104 cm³/mol. The molecule has 4 heteroatoms. The summed E-state index contributed by atoms with van der Waals surface area (Å²) in [7, 11) is 0. The molecule has 0 saturated carbocycles. The normalized spacial score (nSPS) is 10.5. The van der Waals surface area contributed by atoms with Gasteiger partial charge in [-0.15, -0.1) is 0 Å². The quantitative estimate of drug-likeness (QED) is 0.674. The zero-order valence-electron chi connectivity index (χ0n) is 14.8. The number of aromatic nitrogens is 2. The fraction of sp³-hybridized carbons (Fsp3) is 0.238. The average Bonchev–Trinajstić information content (AvgIpc) is 2.67. The van der Waals surface area contributed by atoms with E-state index in [1.807, 2.05) is 24.4 Å². The Kier molecular flexibility index (Phi) is 5.62. The summed E-state index contributed by atoms with van der Waals surface area (Å²) in [6.07, 6.45) is 2.79. The predicted octanol–water partition coefficient (Wildman–Crippen LogP) is 4.81. The van der Waals surface area contributed by atoms with Gasteiger partial charge in [0.15, 0.2) is 0 Å². The Balaban J connectivity index is 1.80. The van der Waals surface area contributed by atoms with Gasteiger partial charge in [-0.1, -0.05) is 55.5 Å². The first-order valence-electron chi connectivity index (χ1n) is 8.77. The van der Waals surface area contributed by atoms with Gasteiger partial charge in [0.05, 0.1) is 0 Å². The minimum atomic E-state index is 0.741. The highest BCUT2D eigenvalue weighted by atomic mass is 15.3. The Bertz CT molecular complexity index is 802. The van der Waals surface area contributed by atoms with Crippen LogP contribution in [0.4, 0.5) is 17.5 Å². The molecular weight excluding hydrogens is 308 g/mol. The number of para-hydroxylation sites is 1. The molecule has 0 saturated heterocycles. The van der Waals surface area contributed by atoms with Crippen LogP contribution in [-0.4, -0.2) is 16.5 Å². The first-order chi connectivity index (χ1) is 12.3. The largest absolute Gasteiger partial charge is 0.340 e. The van der Waals surface area contributed by atoms with Gasteiger partial charge >= 0.3 is 0 Å². The van der Waals surface area contributed by atoms with Crippen molar-refractivity contribution in [3.8, 4) is 0 Å². The van der Waals surface area contributed by atoms with Crippen LogP contribution in [0.1, 0.15) is 25.0 Å². The zero-order chi connectivity index (χ0) is 17.5. The van der Waals surface area contributed by atoms with E-state index in [4.69, 9.17) is 4.98 Å². The number of rotatable bonds is 7. The number of nitrogens with one attached hydrogen (secondary N) is 1. The van der Waals surface area contributed by atoms with Gasteiger partial charge in [-0.25, -0.2) is 4.98 Å². The van der Waals surface area contributed by atoms with Crippen LogP contribution in [0, 0.1) is 0 Å². The first-order valence-corrected chi connectivity index (χ1v) is 8.77. The van der Waals surface area contributed by atoms with Gasteiger partial charge in [-0.05, 0) is 36.6 Å². The van der Waals surface area contributed by atoms with Crippen LogP contribution in [-0.2, 0) is 13.0 Å². The minimum Gasteiger partial charge on any atom is -0.340 e. The lowest BCUT2D eigenvalue weighted by Crippen LogP contribution is -2.24. The Hall–Kier alpha value is -2.88. The maximum absolute atomic E-state index is 4.71. The molecule has 0 atom stereocenters. The highest BCUT2D eigenvalue weighted by Gasteiger charge is 2.10. The molecule has 1 heterocycles. The molecule has 0 aliphatic rings. The van der Waals surface area contributed by atoms with Gasteiger partial charge < -0.3 is 10.2 Å². The van der Waals surface area contributed by atoms with Gasteiger partial charge in [0.25, 0.3) is 0 Å². The summed E-state index contributed by atoms with van der Waals surface area (Å²) < 4.78 is 0. The minimum absolute atomic E-state index is 0.741. The fourth-order valence-corrected chi connectivity index (χ4v) is 2.79. The molecule has 3 aromatic rings. The van der Waals surface area contributed by atoms with Crippen molar-refractivity contribution in [3.63, 3.8) is 0 Å². The molecule has 1 aromatic heterocycles. The van der Waals surface area contributed by atoms with Crippen molar-refractivity contribution in [2.45, 2.75) is 26.8 Å². The van der Waals surface area contributed by atoms with E-state index in [1.165, 1.54) is 11.1 Å². The number of anilines is 3. The van der Waals surface area contributed by atoms with Crippen molar-refractivity contribution in [1.29, 1.82) is 0 Å². The standard InChI is InChI=1S/C21H24N4/c1-3-18-12-8-9-13-19(18)23-20-14-15-22-21(24-20)25(4-2)16-17-10-6-5-7-11-17/h5-15H,3-4,16H2,1-2H3,(H,22,23,24). The number of hydrogen-bond acceptors (Lipinski definition) is 4. The Labute approximate surface area is 149 Å². The molecular formula is C21H24N4. The Morgan fingerprint density at radius 2 is 1.68 bits per heavy atom. The molecule has 0 aliphatic heterocycles. The van der Waals surface area contributed by atoms with Crippen molar-refractivity contribution in [2.75, 3.05) is 16.8 Å². The smallest absolute Gasteiger partial charge is 0.227 e. The number of benzene rings is 2. The molecule has 0 radical (unpaired) electrons. The molecule has 0 fully saturated rings. The van der Waals surface area contributed by atoms with Crippen molar-refractivity contribution >= 4 is 17.5 Å². The second-order valence-electron chi connectivity index (χ2n) is 5.88. The Morgan fingerprint density at radius 1 is 0.920 bits per heavy atom. The van der Waals surface area contributed by atoms with Gasteiger partial charge in [-0.3, -0.25) is 0 Å². The number of aryl methyl sites for hydroxylation is 1. The van der Waals surface area contributed by atoms with Gasteiger partial charge in [-0.2, -0.15) is 4.98 Å². The van der Waals surface area contributed by atoms with Gasteiger partial charge in [0.1, 0.15) is 5.82 Å². The lowest BCUT2D eigenvalue weighted by Gasteiger charge is -2.21. The third kappa shape index (κ3) is 4.35. The van der Waals surface area contributed by atoms with E-state index in [2.05, 4.69) is 71.5 Å². The third-order valence-electron chi connectivity index (χ3n) is 4.18. The molecule has 0 unspecified atom stereocenters. The number of hydrogen-bond donors (Lipinski definition) is 1. The highest BCUT2D eigenvalue weighted by Crippen LogP contribution is 2.21. The van der Waals surface area contributed by atoms with Crippen LogP contribution >= 0.6 is 0 Å². The Morgan fingerprint density at radius 3 is 2.44 bits per heavy atom. The third-order valence-corrected chi connectivity index (χ3v) is 4.18. The highest BCUT2D eigenvalue weighted by molar-refractivity contribution is 5.61. The van der Waals surface area contributed by atoms with E-state index in [0.29, 0.717) is 0 Å². The monoisotopic (exact) mass is 332 g/mol. The molecule has 0 spiro atoms. The van der Waals surface area contributed by atoms with E-state index in [9.17, 15) is 0 Å². The molecule has 3 rings (SSSR count). The summed E-state index contributed by atoms with van der Waals surface area (Å²) in [5, 5.41) is 3.43. The summed E-state index contributed by atoms with van der Waals surface area (Å²) in [4.78, 5) is 11.4. The maximum Gasteiger partial charge on any atom is 0.227 e. The second-order valence-corrected chi connectivity index (χ2v) is 5.88. The molecule has 4 nitrogen and oxygen atoms in total. The van der Waals surface area contributed by atoms with Crippen LogP contribution in [0.2, 0.25) is 0 Å². The van der Waals surface area contributed by atoms with Crippen LogP contribution in [0.3, 0.4) is 0 Å². The fourth-order valence-electron chi connectivity index (χ4n) is 2.79. The lowest BCUT2D eigenvalue weighted by molar-refractivity contribution is 0.792. The molecule has 128 valence electrons. The zero-order valence-corrected chi connectivity index (χ0v) is 14.8. The van der Waals surface area contributed by atoms with Crippen LogP contribution in [0.25, 0.3) is 0 Å². The average molecular weight is 332 g/mol. The molecule has 25 heavy (non-hydrogen) atoms. The van der Waals surface area contributed by atoms with Gasteiger partial charge in [0, 0.05) is 25.0 Å². The van der Waals surface area contributed by atoms with E-state index >= 15 is 0 Å². The lowest BCUT2D eigenvalue weighted by atomic mass is 10.1. The summed E-state index contributed by atoms with van der Waals surface area (Å²) in [5.74, 6) is 1.56. The summed E-state index contributed by atoms with van der Waals surface area (Å²) >= 11 is 0. The number of nitrogens with zero attached hydrogens (tertiary/aromatic N) is 3. The van der Waals surface area contributed by atoms with E-state index in [1.54, 1.807) is 0 Å². The second kappa shape index (κ2) is 8.29. The van der Waals surface area contributed by atoms with Crippen LogP contribution < -0.4 is 10.2 Å². The first kappa shape index (κ1) is 17.0. The molecule has 0 amide bonds.